The number of nitrogens with zero attached hydrogens (tertiary/aromatic N) is 2. The van der Waals surface area contributed by atoms with Crippen molar-refractivity contribution in [3.63, 3.8) is 0 Å². The third-order valence-corrected chi connectivity index (χ3v) is 8.02. The maximum absolute atomic E-state index is 13.7. The van der Waals surface area contributed by atoms with Gasteiger partial charge in [-0.2, -0.15) is 13.2 Å². The predicted octanol–water partition coefficient (Wildman–Crippen LogP) is 6.45. The van der Waals surface area contributed by atoms with Crippen LogP contribution in [0.3, 0.4) is 0 Å². The standard InChI is InChI=1S/C28H26F3N3O3S/c29-28(30,31)21-12-20-10-11-34(15-22-16-38-26(33-22)18-4-2-1-3-5-18)24(20)23(13-21)25(35)32-14-17-6-8-19(9-7-17)27(36)37/h1-5,10-13,16-17,19H,6-9,14-15H2,(H,32,35)(H,36,37)/t17-,19-. The summed E-state index contributed by atoms with van der Waals surface area (Å²) in [5.41, 5.74) is 1.22. The van der Waals surface area contributed by atoms with E-state index >= 15 is 0 Å². The molecule has 0 radical (unpaired) electrons. The Morgan fingerprint density at radius 3 is 2.50 bits per heavy atom. The van der Waals surface area contributed by atoms with Crippen LogP contribution in [0.4, 0.5) is 13.2 Å². The van der Waals surface area contributed by atoms with E-state index in [0.29, 0.717) is 43.1 Å². The number of aliphatic carboxylic acids is 1. The summed E-state index contributed by atoms with van der Waals surface area (Å²) in [6.45, 7) is 0.591. The Morgan fingerprint density at radius 1 is 1.08 bits per heavy atom. The van der Waals surface area contributed by atoms with Gasteiger partial charge in [0, 0.05) is 29.1 Å². The predicted molar refractivity (Wildman–Crippen MR) is 139 cm³/mol. The summed E-state index contributed by atoms with van der Waals surface area (Å²) >= 11 is 1.48. The number of carboxylic acids is 1. The number of carboxylic acid groups (broad SMARTS) is 1. The van der Waals surface area contributed by atoms with Crippen LogP contribution in [0.2, 0.25) is 0 Å². The van der Waals surface area contributed by atoms with Crippen molar-refractivity contribution in [3.8, 4) is 10.6 Å². The van der Waals surface area contributed by atoms with Crippen LogP contribution in [0.15, 0.2) is 60.1 Å². The maximum Gasteiger partial charge on any atom is 0.416 e. The Morgan fingerprint density at radius 2 is 1.82 bits per heavy atom. The number of nitrogens with one attached hydrogen (secondary N) is 1. The quantitative estimate of drug-likeness (QED) is 0.282. The molecule has 0 saturated heterocycles. The van der Waals surface area contributed by atoms with Gasteiger partial charge in [0.1, 0.15) is 5.01 Å². The fourth-order valence-electron chi connectivity index (χ4n) is 5.03. The molecule has 0 spiro atoms. The van der Waals surface area contributed by atoms with Crippen molar-refractivity contribution in [2.24, 2.45) is 11.8 Å². The smallest absolute Gasteiger partial charge is 0.416 e. The van der Waals surface area contributed by atoms with E-state index in [9.17, 15) is 27.9 Å². The summed E-state index contributed by atoms with van der Waals surface area (Å²) in [5.74, 6) is -1.67. The third kappa shape index (κ3) is 5.60. The normalized spacial score (nSPS) is 18.0. The van der Waals surface area contributed by atoms with Gasteiger partial charge in [0.05, 0.1) is 34.8 Å². The molecule has 0 bridgehead atoms. The van der Waals surface area contributed by atoms with Gasteiger partial charge in [-0.15, -0.1) is 11.3 Å². The Kier molecular flexibility index (Phi) is 7.25. The highest BCUT2D eigenvalue weighted by molar-refractivity contribution is 7.13. The first kappa shape index (κ1) is 26.0. The maximum atomic E-state index is 13.7. The molecule has 0 aliphatic heterocycles. The Balaban J connectivity index is 1.40. The van der Waals surface area contributed by atoms with Gasteiger partial charge in [0.2, 0.25) is 0 Å². The van der Waals surface area contributed by atoms with Gasteiger partial charge < -0.3 is 15.0 Å². The summed E-state index contributed by atoms with van der Waals surface area (Å²) in [4.78, 5) is 29.1. The SMILES string of the molecule is O=C(NC[C@H]1CC[C@H](C(=O)O)CC1)c1cc(C(F)(F)F)cc2ccn(Cc3csc(-c4ccccc4)n3)c12. The molecule has 4 aromatic rings. The van der Waals surface area contributed by atoms with Gasteiger partial charge in [-0.3, -0.25) is 9.59 Å². The summed E-state index contributed by atoms with van der Waals surface area (Å²) in [5, 5.41) is 15.1. The molecule has 2 heterocycles. The Labute approximate surface area is 221 Å². The topological polar surface area (TPSA) is 84.2 Å². The largest absolute Gasteiger partial charge is 0.481 e. The molecule has 6 nitrogen and oxygen atoms in total. The molecular weight excluding hydrogens is 515 g/mol. The van der Waals surface area contributed by atoms with Crippen LogP contribution in [0.1, 0.15) is 47.3 Å². The minimum Gasteiger partial charge on any atom is -0.481 e. The number of alkyl halides is 3. The molecule has 5 rings (SSSR count). The first-order valence-electron chi connectivity index (χ1n) is 12.4. The number of aromatic nitrogens is 2. The van der Waals surface area contributed by atoms with E-state index in [4.69, 9.17) is 0 Å². The van der Waals surface area contributed by atoms with E-state index in [1.54, 1.807) is 16.8 Å². The highest BCUT2D eigenvalue weighted by Crippen LogP contribution is 2.35. The van der Waals surface area contributed by atoms with E-state index in [1.807, 2.05) is 35.7 Å². The summed E-state index contributed by atoms with van der Waals surface area (Å²) in [7, 11) is 0. The molecule has 2 N–H and O–H groups in total. The van der Waals surface area contributed by atoms with Crippen molar-refractivity contribution in [1.29, 1.82) is 0 Å². The lowest BCUT2D eigenvalue weighted by molar-refractivity contribution is -0.143. The second-order valence-electron chi connectivity index (χ2n) is 9.68. The number of rotatable bonds is 7. The van der Waals surface area contributed by atoms with E-state index in [0.717, 1.165) is 28.4 Å². The van der Waals surface area contributed by atoms with Crippen LogP contribution < -0.4 is 5.32 Å². The number of carbonyl (C=O) groups is 2. The first-order chi connectivity index (χ1) is 18.2. The molecule has 1 aliphatic carbocycles. The monoisotopic (exact) mass is 541 g/mol. The molecule has 2 aromatic heterocycles. The molecule has 2 aromatic carbocycles. The van der Waals surface area contributed by atoms with Crippen LogP contribution >= 0.6 is 11.3 Å². The van der Waals surface area contributed by atoms with Gasteiger partial charge in [0.15, 0.2) is 0 Å². The van der Waals surface area contributed by atoms with Crippen molar-refractivity contribution in [3.05, 3.63) is 76.9 Å². The minimum atomic E-state index is -4.60. The van der Waals surface area contributed by atoms with Crippen molar-refractivity contribution in [2.75, 3.05) is 6.54 Å². The molecule has 1 amide bonds. The number of thiazole rings is 1. The summed E-state index contributed by atoms with van der Waals surface area (Å²) in [6, 6.07) is 13.3. The molecule has 1 saturated carbocycles. The van der Waals surface area contributed by atoms with Crippen LogP contribution in [0.5, 0.6) is 0 Å². The van der Waals surface area contributed by atoms with Crippen LogP contribution in [0, 0.1) is 11.8 Å². The second kappa shape index (κ2) is 10.6. The fourth-order valence-corrected chi connectivity index (χ4v) is 5.85. The second-order valence-corrected chi connectivity index (χ2v) is 10.5. The molecule has 198 valence electrons. The van der Waals surface area contributed by atoms with Crippen molar-refractivity contribution < 1.29 is 27.9 Å². The van der Waals surface area contributed by atoms with Crippen molar-refractivity contribution >= 4 is 34.1 Å². The molecule has 1 fully saturated rings. The van der Waals surface area contributed by atoms with Gasteiger partial charge in [-0.25, -0.2) is 4.98 Å². The molecule has 10 heteroatoms. The van der Waals surface area contributed by atoms with Gasteiger partial charge in [-0.05, 0) is 49.8 Å². The number of benzene rings is 2. The highest BCUT2D eigenvalue weighted by atomic mass is 32.1. The molecule has 0 unspecified atom stereocenters. The van der Waals surface area contributed by atoms with Crippen molar-refractivity contribution in [1.82, 2.24) is 14.9 Å². The highest BCUT2D eigenvalue weighted by Gasteiger charge is 2.33. The lowest BCUT2D eigenvalue weighted by atomic mass is 9.82. The number of halogens is 3. The van der Waals surface area contributed by atoms with Crippen LogP contribution in [-0.2, 0) is 17.5 Å². The number of hydrogen-bond donors (Lipinski definition) is 2. The molecule has 1 aliphatic rings. The molecular formula is C28H26F3N3O3S. The third-order valence-electron chi connectivity index (χ3n) is 7.08. The number of fused-ring (bicyclic) bond motifs is 1. The lowest BCUT2D eigenvalue weighted by Gasteiger charge is -2.26. The minimum absolute atomic E-state index is 0.0439. The zero-order valence-electron chi connectivity index (χ0n) is 20.4. The first-order valence-corrected chi connectivity index (χ1v) is 13.3. The number of hydrogen-bond acceptors (Lipinski definition) is 4. The number of carbonyl (C=O) groups excluding carboxylic acids is 1. The average Bonchev–Trinajstić information content (AvgIpc) is 3.54. The lowest BCUT2D eigenvalue weighted by Crippen LogP contribution is -2.32. The van der Waals surface area contributed by atoms with Gasteiger partial charge in [0.25, 0.3) is 5.91 Å². The van der Waals surface area contributed by atoms with Crippen LogP contribution in [0.25, 0.3) is 21.5 Å². The van der Waals surface area contributed by atoms with Gasteiger partial charge in [-0.1, -0.05) is 30.3 Å². The van der Waals surface area contributed by atoms with Gasteiger partial charge >= 0.3 is 12.1 Å². The molecule has 0 atom stereocenters. The van der Waals surface area contributed by atoms with E-state index in [1.165, 1.54) is 11.3 Å². The fraction of sp³-hybridized carbons (Fsp3) is 0.321. The summed E-state index contributed by atoms with van der Waals surface area (Å²) < 4.78 is 42.7. The number of amides is 1. The van der Waals surface area contributed by atoms with E-state index in [-0.39, 0.29) is 23.9 Å². The Bertz CT molecular complexity index is 1450. The molecule has 38 heavy (non-hydrogen) atoms. The van der Waals surface area contributed by atoms with E-state index in [2.05, 4.69) is 10.3 Å². The zero-order chi connectivity index (χ0) is 26.9. The average molecular weight is 542 g/mol. The Hall–Kier alpha value is -3.66. The van der Waals surface area contributed by atoms with Crippen LogP contribution in [-0.4, -0.2) is 33.1 Å². The van der Waals surface area contributed by atoms with E-state index < -0.39 is 23.6 Å². The zero-order valence-corrected chi connectivity index (χ0v) is 21.2. The van der Waals surface area contributed by atoms with Crippen molar-refractivity contribution in [2.45, 2.75) is 38.4 Å². The summed E-state index contributed by atoms with van der Waals surface area (Å²) in [6.07, 6.45) is -0.551.